The van der Waals surface area contributed by atoms with Gasteiger partial charge in [-0.05, 0) is 160 Å². The molecule has 8 amide bonds. The van der Waals surface area contributed by atoms with Crippen LogP contribution in [0.25, 0.3) is 10.4 Å². The highest BCUT2D eigenvalue weighted by molar-refractivity contribution is 7.79. The monoisotopic (exact) mass is 1700 g/mol. The molecule has 4 aliphatic heterocycles. The van der Waals surface area contributed by atoms with Gasteiger partial charge in [0.2, 0.25) is 0 Å². The molecule has 4 aliphatic rings. The number of azide groups is 1. The van der Waals surface area contributed by atoms with Gasteiger partial charge in [0.1, 0.15) is 48.8 Å². The number of nitrogens with zero attached hydrogens (tertiary/aromatic N) is 7. The SMILES string of the molecule is C.CC(C)(C)OC(=O)N1CC[C@@H](NC(=O)OCc2ccccc2)[C@@H](N)C1.CC(C)(C)OC(=O)N1CC[C@@H](NC(=O)OCc2ccccc2)[C@@H](N)C1.CC(C)(C)OC(=O)N1CC[C@@H](NC(=O)OCc2ccccc2)[C@@H](N=[N+]=[N-])C1.CC(C)(C)OC(=O)N1CC[C@H](NC(=O)OCc2ccccc2)[C@H](N)C1.c1ccc(P(c2ccccc2)c2ccccc2)cc1. The first kappa shape index (κ1) is 99.1. The molecule has 31 heteroatoms. The number of amides is 8. The first-order valence-corrected chi connectivity index (χ1v) is 41.9. The minimum Gasteiger partial charge on any atom is -0.445 e. The number of hydrogen-bond donors (Lipinski definition) is 7. The Bertz CT molecular complexity index is 4030. The van der Waals surface area contributed by atoms with Gasteiger partial charge >= 0.3 is 48.7 Å². The number of ether oxygens (including phenoxy) is 8. The molecule has 122 heavy (non-hydrogen) atoms. The fourth-order valence-corrected chi connectivity index (χ4v) is 14.9. The molecule has 11 rings (SSSR count). The van der Waals surface area contributed by atoms with Gasteiger partial charge in [-0.3, -0.25) is 0 Å². The second-order valence-electron chi connectivity index (χ2n) is 33.2. The zero-order valence-electron chi connectivity index (χ0n) is 71.5. The summed E-state index contributed by atoms with van der Waals surface area (Å²) in [5, 5.41) is 19.0. The van der Waals surface area contributed by atoms with Crippen molar-refractivity contribution in [1.82, 2.24) is 40.9 Å². The van der Waals surface area contributed by atoms with E-state index in [0.717, 1.165) is 22.3 Å². The molecule has 7 aromatic rings. The van der Waals surface area contributed by atoms with Gasteiger partial charge in [-0.15, -0.1) is 0 Å². The fraction of sp³-hybridized carbons (Fsp3) is 0.451. The number of carbonyl (C=O) groups excluding carboxylic acids is 8. The third-order valence-electron chi connectivity index (χ3n) is 18.5. The van der Waals surface area contributed by atoms with E-state index in [2.05, 4.69) is 122 Å². The van der Waals surface area contributed by atoms with Crippen LogP contribution < -0.4 is 54.4 Å². The minimum absolute atomic E-state index is 0. The lowest BCUT2D eigenvalue weighted by molar-refractivity contribution is 0.0167. The fourth-order valence-electron chi connectivity index (χ4n) is 12.6. The molecule has 0 spiro atoms. The molecule has 660 valence electrons. The lowest BCUT2D eigenvalue weighted by Gasteiger charge is -2.37. The van der Waals surface area contributed by atoms with E-state index in [-0.39, 0.29) is 94.9 Å². The molecule has 0 aromatic heterocycles. The van der Waals surface area contributed by atoms with Crippen molar-refractivity contribution in [1.29, 1.82) is 0 Å². The molecular formula is C91H125N14O16P. The predicted octanol–water partition coefficient (Wildman–Crippen LogP) is 14.4. The van der Waals surface area contributed by atoms with Crippen LogP contribution in [0.15, 0.2) is 217 Å². The number of nitrogens with one attached hydrogen (secondary N) is 4. The third kappa shape index (κ3) is 37.1. The Hall–Kier alpha value is -11.7. The van der Waals surface area contributed by atoms with Crippen LogP contribution in [0.1, 0.15) is 138 Å². The zero-order valence-corrected chi connectivity index (χ0v) is 72.4. The van der Waals surface area contributed by atoms with Crippen molar-refractivity contribution in [3.63, 3.8) is 0 Å². The van der Waals surface area contributed by atoms with E-state index in [1.165, 1.54) is 20.8 Å². The number of benzene rings is 7. The molecule has 4 fully saturated rings. The van der Waals surface area contributed by atoms with Crippen molar-refractivity contribution in [2.24, 2.45) is 22.3 Å². The lowest BCUT2D eigenvalue weighted by Crippen LogP contribution is -2.59. The van der Waals surface area contributed by atoms with Gasteiger partial charge in [0.05, 0.1) is 24.2 Å². The van der Waals surface area contributed by atoms with Crippen LogP contribution in [0, 0.1) is 0 Å². The number of rotatable bonds is 16. The largest absolute Gasteiger partial charge is 0.445 e. The van der Waals surface area contributed by atoms with Crippen molar-refractivity contribution in [3.8, 4) is 0 Å². The van der Waals surface area contributed by atoms with Crippen LogP contribution in [0.2, 0.25) is 0 Å². The van der Waals surface area contributed by atoms with Gasteiger partial charge < -0.3 is 96.0 Å². The highest BCUT2D eigenvalue weighted by atomic mass is 31.1. The Morgan fingerprint density at radius 2 is 0.557 bits per heavy atom. The molecule has 4 saturated heterocycles. The van der Waals surface area contributed by atoms with Crippen LogP contribution in [0.4, 0.5) is 38.4 Å². The van der Waals surface area contributed by atoms with Crippen molar-refractivity contribution in [2.75, 3.05) is 52.4 Å². The van der Waals surface area contributed by atoms with E-state index < -0.39 is 72.9 Å². The molecule has 4 heterocycles. The molecule has 0 radical (unpaired) electrons. The summed E-state index contributed by atoms with van der Waals surface area (Å²) in [5.41, 5.74) is 28.5. The Balaban J connectivity index is 0.000000236. The summed E-state index contributed by atoms with van der Waals surface area (Å²) in [6, 6.07) is 67.2. The third-order valence-corrected chi connectivity index (χ3v) is 20.9. The summed E-state index contributed by atoms with van der Waals surface area (Å²) in [7, 11) is -0.446. The maximum Gasteiger partial charge on any atom is 0.410 e. The number of piperidine rings is 4. The second kappa shape index (κ2) is 49.3. The van der Waals surface area contributed by atoms with E-state index in [1.807, 2.05) is 184 Å². The number of alkyl carbamates (subject to hydrolysis) is 4. The smallest absolute Gasteiger partial charge is 0.410 e. The number of nitrogens with two attached hydrogens (primary N) is 3. The molecule has 0 unspecified atom stereocenters. The van der Waals surface area contributed by atoms with E-state index in [1.54, 1.807) is 35.5 Å². The predicted molar refractivity (Wildman–Crippen MR) is 473 cm³/mol. The highest BCUT2D eigenvalue weighted by Gasteiger charge is 2.38. The quantitative estimate of drug-likeness (QED) is 0.0155. The minimum atomic E-state index is -0.610. The van der Waals surface area contributed by atoms with Crippen molar-refractivity contribution >= 4 is 72.6 Å². The van der Waals surface area contributed by atoms with E-state index in [0.29, 0.717) is 71.5 Å². The first-order chi connectivity index (χ1) is 57.5. The average Bonchev–Trinajstić information content (AvgIpc) is 0.744. The van der Waals surface area contributed by atoms with E-state index in [4.69, 9.17) is 60.6 Å². The van der Waals surface area contributed by atoms with Gasteiger partial charge in [-0.1, -0.05) is 225 Å². The summed E-state index contributed by atoms with van der Waals surface area (Å²) in [5.74, 6) is 0. The number of likely N-dealkylation sites (tertiary alicyclic amines) is 4. The molecular weight excluding hydrogens is 1580 g/mol. The summed E-state index contributed by atoms with van der Waals surface area (Å²) in [6.45, 7) is 25.5. The lowest BCUT2D eigenvalue weighted by atomic mass is 10.0. The maximum absolute atomic E-state index is 12.2. The molecule has 30 nitrogen and oxygen atoms in total. The van der Waals surface area contributed by atoms with Gasteiger partial charge in [-0.25, -0.2) is 38.4 Å². The van der Waals surface area contributed by atoms with Gasteiger partial charge in [-0.2, -0.15) is 0 Å². The van der Waals surface area contributed by atoms with Crippen LogP contribution in [-0.2, 0) is 64.3 Å². The van der Waals surface area contributed by atoms with Gasteiger partial charge in [0.25, 0.3) is 0 Å². The van der Waals surface area contributed by atoms with Crippen LogP contribution in [0.3, 0.4) is 0 Å². The topological polar surface area (TPSA) is 398 Å². The summed E-state index contributed by atoms with van der Waals surface area (Å²) in [4.78, 5) is 105. The number of carbonyl (C=O) groups is 8. The molecule has 0 aliphatic carbocycles. The van der Waals surface area contributed by atoms with Crippen molar-refractivity contribution in [2.45, 2.75) is 213 Å². The zero-order chi connectivity index (χ0) is 88.1. The average molecular weight is 1700 g/mol. The van der Waals surface area contributed by atoms with Gasteiger partial charge in [0, 0.05) is 81.4 Å². The summed E-state index contributed by atoms with van der Waals surface area (Å²) >= 11 is 0. The first-order valence-electron chi connectivity index (χ1n) is 40.5. The van der Waals surface area contributed by atoms with Crippen LogP contribution in [0.5, 0.6) is 0 Å². The summed E-state index contributed by atoms with van der Waals surface area (Å²) < 4.78 is 42.2. The summed E-state index contributed by atoms with van der Waals surface area (Å²) in [6.07, 6.45) is -1.61. The van der Waals surface area contributed by atoms with Gasteiger partial charge in [0.15, 0.2) is 0 Å². The maximum atomic E-state index is 12.2. The Morgan fingerprint density at radius 3 is 0.770 bits per heavy atom. The van der Waals surface area contributed by atoms with Crippen molar-refractivity contribution in [3.05, 3.63) is 245 Å². The molecule has 0 bridgehead atoms. The van der Waals surface area contributed by atoms with E-state index in [9.17, 15) is 38.4 Å². The Labute approximate surface area is 719 Å². The molecule has 0 saturated carbocycles. The standard InChI is InChI=1S/C18H25N5O4.3C18H27N3O4.C18H15P.CH4/c1-18(2,3)27-17(25)23-10-9-14(15(11-23)21-22-19)20-16(24)26-12-13-7-5-4-6-8-13;3*1-18(2,3)25-17(23)21-10-9-15(14(19)11-21)20-16(22)24-12-13-7-5-4-6-8-13;1-4-10-16(11-5-1)19(17-12-6-2-7-13-17)18-14-8-3-9-15-18;/h4-8,14-15H,9-12H2,1-3H3,(H,20,24);3*4-8,14-15H,9-12,19H2,1-3H3,(H,20,22);1-15H;1H4/t4*14-,15+;;/m1100../s1. The van der Waals surface area contributed by atoms with Crippen molar-refractivity contribution < 1.29 is 76.3 Å². The molecule has 10 N–H and O–H groups in total. The normalized spacial score (nSPS) is 18.7. The molecule has 8 atom stereocenters. The molecule has 7 aromatic carbocycles. The second-order valence-corrected chi connectivity index (χ2v) is 35.4. The van der Waals surface area contributed by atoms with Crippen LogP contribution in [-0.4, -0.2) is 191 Å². The van der Waals surface area contributed by atoms with E-state index >= 15 is 0 Å². The number of hydrogen-bond acceptors (Lipinski definition) is 20. The van der Waals surface area contributed by atoms with Crippen LogP contribution >= 0.6 is 7.92 Å². The Kier molecular flexibility index (Phi) is 40.1. The highest BCUT2D eigenvalue weighted by Crippen LogP contribution is 2.32. The Morgan fingerprint density at radius 1 is 0.352 bits per heavy atom.